The number of halogens is 7. The van der Waals surface area contributed by atoms with Crippen LogP contribution in [0, 0.1) is 11.3 Å². The molecular formula is C18H12F7N3O. The molecule has 2 rings (SSSR count). The fourth-order valence-electron chi connectivity index (χ4n) is 2.00. The summed E-state index contributed by atoms with van der Waals surface area (Å²) in [4.78, 5) is 0. The molecule has 0 unspecified atom stereocenters. The lowest BCUT2D eigenvalue weighted by atomic mass is 10.1. The summed E-state index contributed by atoms with van der Waals surface area (Å²) < 4.78 is 93.0. The number of nitrogens with zero attached hydrogens (tertiary/aromatic N) is 2. The van der Waals surface area contributed by atoms with Crippen LogP contribution in [0.4, 0.5) is 30.7 Å². The zero-order valence-corrected chi connectivity index (χ0v) is 14.4. The molecule has 2 aromatic rings. The lowest BCUT2D eigenvalue weighted by Crippen LogP contribution is -2.58. The highest BCUT2D eigenvalue weighted by Crippen LogP contribution is 2.44. The van der Waals surface area contributed by atoms with Crippen molar-refractivity contribution in [3.05, 3.63) is 65.2 Å². The van der Waals surface area contributed by atoms with E-state index in [1.807, 2.05) is 6.07 Å². The van der Waals surface area contributed by atoms with Crippen molar-refractivity contribution in [3.8, 4) is 11.8 Å². The maximum atomic E-state index is 13.1. The molecule has 154 valence electrons. The van der Waals surface area contributed by atoms with Gasteiger partial charge >= 0.3 is 18.1 Å². The van der Waals surface area contributed by atoms with E-state index in [2.05, 4.69) is 5.10 Å². The summed E-state index contributed by atoms with van der Waals surface area (Å²) in [7, 11) is 0. The van der Waals surface area contributed by atoms with Gasteiger partial charge in [0.2, 0.25) is 0 Å². The van der Waals surface area contributed by atoms with E-state index in [0.29, 0.717) is 28.5 Å². The molecule has 0 spiro atoms. The van der Waals surface area contributed by atoms with Gasteiger partial charge in [-0.25, -0.2) is 5.43 Å². The Hall–Kier alpha value is -3.29. The number of hydrogen-bond acceptors (Lipinski definition) is 4. The van der Waals surface area contributed by atoms with Crippen LogP contribution in [0.1, 0.15) is 16.7 Å². The average Bonchev–Trinajstić information content (AvgIpc) is 2.66. The van der Waals surface area contributed by atoms with Crippen LogP contribution in [-0.2, 0) is 6.61 Å². The Morgan fingerprint density at radius 3 is 2.17 bits per heavy atom. The second kappa shape index (κ2) is 8.38. The van der Waals surface area contributed by atoms with Crippen LogP contribution in [0.25, 0.3) is 0 Å². The molecule has 0 radical (unpaired) electrons. The molecule has 1 N–H and O–H groups in total. The first-order chi connectivity index (χ1) is 13.5. The number of rotatable bonds is 7. The van der Waals surface area contributed by atoms with E-state index in [-0.39, 0.29) is 12.2 Å². The fraction of sp³-hybridized carbons (Fsp3) is 0.222. The van der Waals surface area contributed by atoms with Crippen molar-refractivity contribution in [1.82, 2.24) is 5.43 Å². The molecule has 4 nitrogen and oxygen atoms in total. The van der Waals surface area contributed by atoms with Crippen LogP contribution in [0.15, 0.2) is 53.6 Å². The molecule has 0 aromatic heterocycles. The maximum absolute atomic E-state index is 13.1. The molecule has 0 saturated carbocycles. The monoisotopic (exact) mass is 419 g/mol. The molecule has 11 heteroatoms. The largest absolute Gasteiger partial charge is 0.489 e. The van der Waals surface area contributed by atoms with Crippen LogP contribution in [0.2, 0.25) is 0 Å². The van der Waals surface area contributed by atoms with Gasteiger partial charge in [-0.3, -0.25) is 0 Å². The van der Waals surface area contributed by atoms with Crippen molar-refractivity contribution >= 4 is 6.21 Å². The first-order valence-corrected chi connectivity index (χ1v) is 7.81. The Morgan fingerprint density at radius 2 is 1.59 bits per heavy atom. The summed E-state index contributed by atoms with van der Waals surface area (Å²) in [5.74, 6) is -5.95. The topological polar surface area (TPSA) is 57.4 Å². The minimum absolute atomic E-state index is 0.0808. The normalized spacial score (nSPS) is 12.6. The molecule has 0 saturated heterocycles. The number of nitriles is 1. The van der Waals surface area contributed by atoms with E-state index in [9.17, 15) is 30.7 Å². The van der Waals surface area contributed by atoms with Crippen molar-refractivity contribution in [2.24, 2.45) is 5.10 Å². The Balaban J connectivity index is 1.98. The van der Waals surface area contributed by atoms with Crippen molar-refractivity contribution in [2.75, 3.05) is 0 Å². The van der Waals surface area contributed by atoms with Crippen molar-refractivity contribution in [3.63, 3.8) is 0 Å². The minimum Gasteiger partial charge on any atom is -0.489 e. The number of benzene rings is 2. The molecular weight excluding hydrogens is 407 g/mol. The smallest absolute Gasteiger partial charge is 0.462 e. The van der Waals surface area contributed by atoms with E-state index in [1.165, 1.54) is 24.3 Å². The van der Waals surface area contributed by atoms with Gasteiger partial charge in [0.25, 0.3) is 0 Å². The minimum atomic E-state index is -6.44. The molecule has 0 aliphatic rings. The first kappa shape index (κ1) is 22.0. The molecule has 2 aromatic carbocycles. The zero-order valence-electron chi connectivity index (χ0n) is 14.4. The van der Waals surface area contributed by atoms with Crippen molar-refractivity contribution < 1.29 is 35.5 Å². The number of alkyl halides is 7. The molecule has 0 heterocycles. The van der Waals surface area contributed by atoms with Gasteiger partial charge in [-0.15, -0.1) is 0 Å². The zero-order chi connectivity index (χ0) is 21.7. The Kier molecular flexibility index (Phi) is 6.36. The fourth-order valence-corrected chi connectivity index (χ4v) is 2.00. The van der Waals surface area contributed by atoms with Crippen molar-refractivity contribution in [2.45, 2.75) is 24.8 Å². The average molecular weight is 419 g/mol. The molecule has 0 amide bonds. The van der Waals surface area contributed by atoms with Crippen LogP contribution in [-0.4, -0.2) is 24.4 Å². The molecule has 0 aliphatic carbocycles. The van der Waals surface area contributed by atoms with Crippen LogP contribution >= 0.6 is 0 Å². The first-order valence-electron chi connectivity index (χ1n) is 7.81. The van der Waals surface area contributed by atoms with E-state index >= 15 is 0 Å². The van der Waals surface area contributed by atoms with Crippen LogP contribution in [0.5, 0.6) is 5.75 Å². The Bertz CT molecular complexity index is 903. The summed E-state index contributed by atoms with van der Waals surface area (Å²) in [5.41, 5.74) is 1.73. The van der Waals surface area contributed by atoms with E-state index in [4.69, 9.17) is 10.00 Å². The predicted octanol–water partition coefficient (Wildman–Crippen LogP) is 4.85. The second-order valence-electron chi connectivity index (χ2n) is 5.64. The molecule has 0 atom stereocenters. The van der Waals surface area contributed by atoms with Gasteiger partial charge in [-0.2, -0.15) is 41.1 Å². The third kappa shape index (κ3) is 5.16. The van der Waals surface area contributed by atoms with Gasteiger partial charge in [-0.1, -0.05) is 18.2 Å². The summed E-state index contributed by atoms with van der Waals surface area (Å²) in [6.07, 6.45) is -5.79. The van der Waals surface area contributed by atoms with Gasteiger partial charge in [0.05, 0.1) is 17.8 Å². The number of nitrogens with one attached hydrogen (secondary N) is 1. The second-order valence-corrected chi connectivity index (χ2v) is 5.64. The lowest BCUT2D eigenvalue weighted by molar-refractivity contribution is -0.361. The van der Waals surface area contributed by atoms with Gasteiger partial charge < -0.3 is 4.74 Å². The predicted molar refractivity (Wildman–Crippen MR) is 88.6 cm³/mol. The number of hydrogen-bond donors (Lipinski definition) is 1. The quantitative estimate of drug-likeness (QED) is 0.302. The molecule has 0 aliphatic heterocycles. The third-order valence-corrected chi connectivity index (χ3v) is 3.58. The van der Waals surface area contributed by atoms with Gasteiger partial charge in [-0.05, 0) is 35.9 Å². The van der Waals surface area contributed by atoms with E-state index in [1.54, 1.807) is 24.3 Å². The van der Waals surface area contributed by atoms with Crippen LogP contribution < -0.4 is 10.2 Å². The summed E-state index contributed by atoms with van der Waals surface area (Å²) in [6, 6.07) is 8.55. The molecule has 29 heavy (non-hydrogen) atoms. The SMILES string of the molecule is N#Cc1ccccc1COc1ccc(/C=N/NC(F)(F)C(F)(F)C(F)(F)F)cc1. The van der Waals surface area contributed by atoms with Crippen molar-refractivity contribution in [1.29, 1.82) is 5.26 Å². The standard InChI is InChI=1S/C18H12F7N3O/c19-16(20,17(21,22)23)18(24,25)28-27-10-12-5-7-15(8-6-12)29-11-14-4-2-1-3-13(14)9-26/h1-8,10,28H,11H2/b27-10+. The van der Waals surface area contributed by atoms with E-state index < -0.39 is 18.1 Å². The highest BCUT2D eigenvalue weighted by molar-refractivity contribution is 5.79. The van der Waals surface area contributed by atoms with Crippen LogP contribution in [0.3, 0.4) is 0 Å². The Morgan fingerprint density at radius 1 is 0.966 bits per heavy atom. The lowest BCUT2D eigenvalue weighted by Gasteiger charge is -2.27. The van der Waals surface area contributed by atoms with Gasteiger partial charge in [0.15, 0.2) is 0 Å². The maximum Gasteiger partial charge on any atom is 0.462 e. The molecule has 0 bridgehead atoms. The third-order valence-electron chi connectivity index (χ3n) is 3.58. The summed E-state index contributed by atoms with van der Waals surface area (Å²) >= 11 is 0. The number of ether oxygens (including phenoxy) is 1. The Labute approximate surface area is 160 Å². The summed E-state index contributed by atoms with van der Waals surface area (Å²) in [5, 5.41) is 11.8. The highest BCUT2D eigenvalue weighted by atomic mass is 19.4. The van der Waals surface area contributed by atoms with Gasteiger partial charge in [0, 0.05) is 5.56 Å². The van der Waals surface area contributed by atoms with Gasteiger partial charge in [0.1, 0.15) is 12.4 Å². The number of hydrazone groups is 1. The highest BCUT2D eigenvalue weighted by Gasteiger charge is 2.73. The molecule has 0 fully saturated rings. The summed E-state index contributed by atoms with van der Waals surface area (Å²) in [6.45, 7) is 0.0808. The van der Waals surface area contributed by atoms with E-state index in [0.717, 1.165) is 0 Å².